The largest absolute Gasteiger partial charge is 0.493 e. The fraction of sp³-hybridized carbons (Fsp3) is 0.455. The molecule has 0 N–H and O–H groups in total. The van der Waals surface area contributed by atoms with Gasteiger partial charge in [-0.3, -0.25) is 9.78 Å². The smallest absolute Gasteiger partial charge is 0.314 e. The zero-order chi connectivity index (χ0) is 20.8. The van der Waals surface area contributed by atoms with Crippen molar-refractivity contribution in [1.82, 2.24) is 9.88 Å². The quantitative estimate of drug-likeness (QED) is 0.660. The lowest BCUT2D eigenvalue weighted by Crippen LogP contribution is -2.37. The Hall–Kier alpha value is -2.80. The Morgan fingerprint density at radius 1 is 1.07 bits per heavy atom. The Morgan fingerprint density at radius 2 is 1.72 bits per heavy atom. The molecular weight excluding hydrogens is 372 g/mol. The number of hydrogen-bond donors (Lipinski definition) is 0. The molecule has 2 heterocycles. The van der Waals surface area contributed by atoms with Gasteiger partial charge in [0.15, 0.2) is 11.5 Å². The molecule has 156 valence electrons. The summed E-state index contributed by atoms with van der Waals surface area (Å²) in [6.07, 6.45) is 3.29. The molecule has 7 nitrogen and oxygen atoms in total. The van der Waals surface area contributed by atoms with Gasteiger partial charge >= 0.3 is 5.97 Å². The third kappa shape index (κ3) is 4.79. The lowest BCUT2D eigenvalue weighted by molar-refractivity contribution is -0.140. The molecule has 1 aliphatic heterocycles. The van der Waals surface area contributed by atoms with Crippen LogP contribution in [-0.4, -0.2) is 56.8 Å². The predicted molar refractivity (Wildman–Crippen MR) is 110 cm³/mol. The molecule has 1 aliphatic rings. The van der Waals surface area contributed by atoms with Gasteiger partial charge in [-0.15, -0.1) is 0 Å². The number of aromatic nitrogens is 1. The number of hydrogen-bond acceptors (Lipinski definition) is 7. The number of likely N-dealkylation sites (tertiary alicyclic amines) is 1. The first-order chi connectivity index (χ1) is 14.1. The zero-order valence-corrected chi connectivity index (χ0v) is 17.4. The van der Waals surface area contributed by atoms with Crippen molar-refractivity contribution in [2.45, 2.75) is 19.8 Å². The second-order valence-corrected chi connectivity index (χ2v) is 6.92. The summed E-state index contributed by atoms with van der Waals surface area (Å²) in [6.45, 7) is 5.02. The molecule has 1 saturated heterocycles. The van der Waals surface area contributed by atoms with Gasteiger partial charge in [-0.05, 0) is 50.7 Å². The minimum atomic E-state index is -0.178. The van der Waals surface area contributed by atoms with Crippen LogP contribution in [0.5, 0.6) is 23.0 Å². The SMILES string of the molecule is CCN1CCC(C(=O)Oc2ccnc(-c3cc(OC)c(OC)c(OC)c3)c2)CC1. The summed E-state index contributed by atoms with van der Waals surface area (Å²) in [6, 6.07) is 7.08. The number of ether oxygens (including phenoxy) is 4. The molecule has 0 bridgehead atoms. The maximum absolute atomic E-state index is 12.6. The van der Waals surface area contributed by atoms with Crippen molar-refractivity contribution in [3.05, 3.63) is 30.5 Å². The Kier molecular flexibility index (Phi) is 6.93. The van der Waals surface area contributed by atoms with Crippen LogP contribution in [0.4, 0.5) is 0 Å². The Morgan fingerprint density at radius 3 is 2.28 bits per heavy atom. The van der Waals surface area contributed by atoms with Crippen molar-refractivity contribution in [3.8, 4) is 34.3 Å². The molecule has 0 amide bonds. The number of carbonyl (C=O) groups is 1. The number of rotatable bonds is 7. The van der Waals surface area contributed by atoms with Gasteiger partial charge in [0, 0.05) is 17.8 Å². The average molecular weight is 400 g/mol. The topological polar surface area (TPSA) is 70.1 Å². The number of esters is 1. The van der Waals surface area contributed by atoms with Gasteiger partial charge in [0.25, 0.3) is 0 Å². The van der Waals surface area contributed by atoms with Crippen LogP contribution in [0.2, 0.25) is 0 Å². The molecule has 7 heteroatoms. The fourth-order valence-electron chi connectivity index (χ4n) is 3.55. The third-order valence-electron chi connectivity index (χ3n) is 5.28. The van der Waals surface area contributed by atoms with Crippen LogP contribution in [0.15, 0.2) is 30.5 Å². The van der Waals surface area contributed by atoms with Crippen LogP contribution in [-0.2, 0) is 4.79 Å². The van der Waals surface area contributed by atoms with Gasteiger partial charge < -0.3 is 23.8 Å². The molecule has 3 rings (SSSR count). The van der Waals surface area contributed by atoms with Crippen molar-refractivity contribution in [2.24, 2.45) is 5.92 Å². The van der Waals surface area contributed by atoms with Crippen molar-refractivity contribution in [1.29, 1.82) is 0 Å². The number of benzene rings is 1. The number of nitrogens with zero attached hydrogens (tertiary/aromatic N) is 2. The highest BCUT2D eigenvalue weighted by molar-refractivity contribution is 5.76. The molecule has 1 aromatic carbocycles. The monoisotopic (exact) mass is 400 g/mol. The first-order valence-electron chi connectivity index (χ1n) is 9.80. The average Bonchev–Trinajstić information content (AvgIpc) is 2.78. The molecule has 29 heavy (non-hydrogen) atoms. The maximum Gasteiger partial charge on any atom is 0.314 e. The van der Waals surface area contributed by atoms with Crippen LogP contribution in [0.25, 0.3) is 11.3 Å². The van der Waals surface area contributed by atoms with Gasteiger partial charge in [0.05, 0.1) is 32.9 Å². The maximum atomic E-state index is 12.6. The minimum Gasteiger partial charge on any atom is -0.493 e. The predicted octanol–water partition coefficient (Wildman–Crippen LogP) is 3.41. The fourth-order valence-corrected chi connectivity index (χ4v) is 3.55. The molecule has 1 aromatic heterocycles. The highest BCUT2D eigenvalue weighted by Gasteiger charge is 2.26. The highest BCUT2D eigenvalue weighted by Crippen LogP contribution is 2.41. The molecule has 0 saturated carbocycles. The normalized spacial score (nSPS) is 15.0. The molecule has 0 radical (unpaired) electrons. The standard InChI is InChI=1S/C22H28N2O5/c1-5-24-10-7-15(8-11-24)22(25)29-17-6-9-23-18(14-17)16-12-19(26-2)21(28-4)20(13-16)27-3/h6,9,12-15H,5,7-8,10-11H2,1-4H3. The summed E-state index contributed by atoms with van der Waals surface area (Å²) in [5.41, 5.74) is 1.42. The molecule has 0 unspecified atom stereocenters. The van der Waals surface area contributed by atoms with Crippen LogP contribution in [0.1, 0.15) is 19.8 Å². The van der Waals surface area contributed by atoms with Gasteiger partial charge in [0.2, 0.25) is 5.75 Å². The number of pyridine rings is 1. The van der Waals surface area contributed by atoms with E-state index < -0.39 is 0 Å². The number of methoxy groups -OCH3 is 3. The van der Waals surface area contributed by atoms with Gasteiger partial charge in [-0.25, -0.2) is 0 Å². The Balaban J connectivity index is 1.78. The van der Waals surface area contributed by atoms with E-state index in [4.69, 9.17) is 18.9 Å². The van der Waals surface area contributed by atoms with E-state index in [1.165, 1.54) is 0 Å². The third-order valence-corrected chi connectivity index (χ3v) is 5.28. The summed E-state index contributed by atoms with van der Waals surface area (Å²) < 4.78 is 21.8. The highest BCUT2D eigenvalue weighted by atomic mass is 16.5. The number of piperidine rings is 1. The van der Waals surface area contributed by atoms with Crippen molar-refractivity contribution in [3.63, 3.8) is 0 Å². The Labute approximate surface area is 171 Å². The van der Waals surface area contributed by atoms with Crippen LogP contribution < -0.4 is 18.9 Å². The first kappa shape index (κ1) is 20.9. The van der Waals surface area contributed by atoms with E-state index in [1.807, 2.05) is 12.1 Å². The van der Waals surface area contributed by atoms with E-state index in [1.54, 1.807) is 39.7 Å². The van der Waals surface area contributed by atoms with E-state index in [0.29, 0.717) is 28.7 Å². The van der Waals surface area contributed by atoms with E-state index in [0.717, 1.165) is 38.0 Å². The summed E-state index contributed by atoms with van der Waals surface area (Å²) in [5, 5.41) is 0. The molecule has 2 aromatic rings. The van der Waals surface area contributed by atoms with E-state index >= 15 is 0 Å². The van der Waals surface area contributed by atoms with Gasteiger partial charge in [-0.1, -0.05) is 6.92 Å². The van der Waals surface area contributed by atoms with E-state index in [9.17, 15) is 4.79 Å². The summed E-state index contributed by atoms with van der Waals surface area (Å²) in [5.74, 6) is 1.83. The molecule has 0 spiro atoms. The van der Waals surface area contributed by atoms with E-state index in [2.05, 4.69) is 16.8 Å². The second kappa shape index (κ2) is 9.60. The lowest BCUT2D eigenvalue weighted by atomic mass is 9.97. The van der Waals surface area contributed by atoms with Crippen molar-refractivity contribution in [2.75, 3.05) is 41.0 Å². The summed E-state index contributed by atoms with van der Waals surface area (Å²) in [7, 11) is 4.69. The Bertz CT molecular complexity index is 822. The lowest BCUT2D eigenvalue weighted by Gasteiger charge is -2.29. The van der Waals surface area contributed by atoms with E-state index in [-0.39, 0.29) is 11.9 Å². The van der Waals surface area contributed by atoms with Crippen LogP contribution >= 0.6 is 0 Å². The van der Waals surface area contributed by atoms with Crippen molar-refractivity contribution >= 4 is 5.97 Å². The minimum absolute atomic E-state index is 0.0596. The first-order valence-corrected chi connectivity index (χ1v) is 9.80. The zero-order valence-electron chi connectivity index (χ0n) is 17.4. The summed E-state index contributed by atoms with van der Waals surface area (Å²) >= 11 is 0. The van der Waals surface area contributed by atoms with Crippen LogP contribution in [0.3, 0.4) is 0 Å². The number of carbonyl (C=O) groups excluding carboxylic acids is 1. The second-order valence-electron chi connectivity index (χ2n) is 6.92. The van der Waals surface area contributed by atoms with Crippen LogP contribution in [0, 0.1) is 5.92 Å². The van der Waals surface area contributed by atoms with Crippen molar-refractivity contribution < 1.29 is 23.7 Å². The molecule has 0 aliphatic carbocycles. The molecular formula is C22H28N2O5. The summed E-state index contributed by atoms with van der Waals surface area (Å²) in [4.78, 5) is 19.3. The molecule has 0 atom stereocenters. The molecule has 1 fully saturated rings. The van der Waals surface area contributed by atoms with Gasteiger partial charge in [0.1, 0.15) is 5.75 Å². The van der Waals surface area contributed by atoms with Gasteiger partial charge in [-0.2, -0.15) is 0 Å².